The molecule has 0 spiro atoms. The van der Waals surface area contributed by atoms with Gasteiger partial charge in [-0.05, 0) is 57.4 Å². The van der Waals surface area contributed by atoms with E-state index >= 15 is 0 Å². The summed E-state index contributed by atoms with van der Waals surface area (Å²) in [7, 11) is 1.83. The fourth-order valence-electron chi connectivity index (χ4n) is 3.77. The highest BCUT2D eigenvalue weighted by atomic mass is 16.6. The highest BCUT2D eigenvalue weighted by molar-refractivity contribution is 5.80. The third-order valence-corrected chi connectivity index (χ3v) is 5.42. The van der Waals surface area contributed by atoms with E-state index < -0.39 is 5.60 Å². The number of carbonyl (C=O) groups is 1. The van der Waals surface area contributed by atoms with Gasteiger partial charge in [0, 0.05) is 26.7 Å². The molecular formula is C22H34N4O2. The van der Waals surface area contributed by atoms with Crippen LogP contribution in [-0.2, 0) is 11.2 Å². The molecule has 2 aliphatic rings. The molecule has 154 valence electrons. The van der Waals surface area contributed by atoms with Crippen LogP contribution < -0.4 is 10.6 Å². The first kappa shape index (κ1) is 20.5. The van der Waals surface area contributed by atoms with Gasteiger partial charge in [-0.15, -0.1) is 0 Å². The van der Waals surface area contributed by atoms with Gasteiger partial charge in [-0.1, -0.05) is 30.3 Å². The summed E-state index contributed by atoms with van der Waals surface area (Å²) < 4.78 is 5.36. The summed E-state index contributed by atoms with van der Waals surface area (Å²) in [6.07, 6.45) is 4.18. The van der Waals surface area contributed by atoms with Crippen molar-refractivity contribution in [1.82, 2.24) is 15.5 Å². The number of hydrogen-bond acceptors (Lipinski definition) is 3. The topological polar surface area (TPSA) is 66.0 Å². The molecule has 1 atom stereocenters. The van der Waals surface area contributed by atoms with Gasteiger partial charge in [-0.25, -0.2) is 4.79 Å². The molecule has 0 bridgehead atoms. The highest BCUT2D eigenvalue weighted by Gasteiger charge is 2.42. The number of nitrogens with zero attached hydrogens (tertiary/aromatic N) is 2. The Kier molecular flexibility index (Phi) is 6.16. The molecule has 28 heavy (non-hydrogen) atoms. The van der Waals surface area contributed by atoms with E-state index in [2.05, 4.69) is 50.9 Å². The van der Waals surface area contributed by atoms with Crippen LogP contribution >= 0.6 is 0 Å². The first-order chi connectivity index (χ1) is 13.3. The second-order valence-corrected chi connectivity index (χ2v) is 9.14. The lowest BCUT2D eigenvalue weighted by atomic mass is 9.96. The zero-order valence-electron chi connectivity index (χ0n) is 17.6. The summed E-state index contributed by atoms with van der Waals surface area (Å²) in [5.41, 5.74) is 1.28. The maximum atomic E-state index is 12.0. The van der Waals surface area contributed by atoms with E-state index in [1.54, 1.807) is 0 Å². The summed E-state index contributed by atoms with van der Waals surface area (Å²) in [6.45, 7) is 8.21. The highest BCUT2D eigenvalue weighted by Crippen LogP contribution is 2.47. The lowest BCUT2D eigenvalue weighted by Crippen LogP contribution is -2.45. The number of aliphatic imine (C=N–C) groups is 1. The van der Waals surface area contributed by atoms with Crippen molar-refractivity contribution in [2.45, 2.75) is 58.1 Å². The van der Waals surface area contributed by atoms with Crippen LogP contribution in [0.15, 0.2) is 35.3 Å². The van der Waals surface area contributed by atoms with E-state index in [0.29, 0.717) is 5.41 Å². The molecule has 1 amide bonds. The van der Waals surface area contributed by atoms with Crippen molar-refractivity contribution in [3.05, 3.63) is 35.9 Å². The Balaban J connectivity index is 1.46. The second-order valence-electron chi connectivity index (χ2n) is 9.14. The Hall–Kier alpha value is -2.24. The van der Waals surface area contributed by atoms with Crippen LogP contribution in [0, 0.1) is 5.41 Å². The Morgan fingerprint density at radius 1 is 1.29 bits per heavy atom. The first-order valence-electron chi connectivity index (χ1n) is 10.3. The Labute approximate surface area is 168 Å². The summed E-state index contributed by atoms with van der Waals surface area (Å²) in [4.78, 5) is 18.7. The predicted octanol–water partition coefficient (Wildman–Crippen LogP) is 3.18. The second kappa shape index (κ2) is 8.41. The molecule has 1 saturated carbocycles. The van der Waals surface area contributed by atoms with Crippen LogP contribution in [0.25, 0.3) is 0 Å². The summed E-state index contributed by atoms with van der Waals surface area (Å²) >= 11 is 0. The number of alkyl carbamates (subject to hydrolysis) is 1. The van der Waals surface area contributed by atoms with E-state index in [9.17, 15) is 4.79 Å². The smallest absolute Gasteiger partial charge is 0.407 e. The minimum absolute atomic E-state index is 0.0904. The lowest BCUT2D eigenvalue weighted by Gasteiger charge is -2.25. The van der Waals surface area contributed by atoms with Crippen molar-refractivity contribution in [1.29, 1.82) is 0 Å². The average molecular weight is 387 g/mol. The van der Waals surface area contributed by atoms with Gasteiger partial charge in [0.15, 0.2) is 5.96 Å². The number of guanidine groups is 1. The van der Waals surface area contributed by atoms with Gasteiger partial charge in [0.25, 0.3) is 0 Å². The van der Waals surface area contributed by atoms with Gasteiger partial charge in [-0.2, -0.15) is 0 Å². The van der Waals surface area contributed by atoms with Crippen molar-refractivity contribution in [2.24, 2.45) is 10.4 Å². The molecule has 1 aromatic rings. The molecule has 1 aliphatic heterocycles. The molecule has 1 unspecified atom stereocenters. The van der Waals surface area contributed by atoms with E-state index in [0.717, 1.165) is 38.4 Å². The van der Waals surface area contributed by atoms with E-state index in [-0.39, 0.29) is 12.1 Å². The summed E-state index contributed by atoms with van der Waals surface area (Å²) in [6, 6.07) is 10.8. The van der Waals surface area contributed by atoms with Crippen LogP contribution in [0.2, 0.25) is 0 Å². The Bertz CT molecular complexity index is 692. The molecule has 1 aliphatic carbocycles. The molecule has 3 rings (SSSR count). The quantitative estimate of drug-likeness (QED) is 0.603. The van der Waals surface area contributed by atoms with Crippen LogP contribution in [0.5, 0.6) is 0 Å². The molecule has 6 heteroatoms. The molecular weight excluding hydrogens is 352 g/mol. The average Bonchev–Trinajstić information content (AvgIpc) is 3.23. The normalized spacial score (nSPS) is 21.4. The summed E-state index contributed by atoms with van der Waals surface area (Å²) in [5, 5.41) is 6.55. The Morgan fingerprint density at radius 3 is 2.61 bits per heavy atom. The minimum Gasteiger partial charge on any atom is -0.444 e. The van der Waals surface area contributed by atoms with Crippen LogP contribution in [0.1, 0.15) is 45.6 Å². The van der Waals surface area contributed by atoms with Gasteiger partial charge < -0.3 is 20.3 Å². The monoisotopic (exact) mass is 386 g/mol. The van der Waals surface area contributed by atoms with Gasteiger partial charge in [0.2, 0.25) is 0 Å². The van der Waals surface area contributed by atoms with E-state index in [1.165, 1.54) is 18.4 Å². The standard InChI is InChI=1S/C22H34N4O2/c1-21(2,3)28-20(27)25-18-10-13-26(15-18)19(23-4)24-16-22(11-12-22)14-17-8-6-5-7-9-17/h5-9,18H,10-16H2,1-4H3,(H,23,24)(H,25,27). The Morgan fingerprint density at radius 2 is 2.00 bits per heavy atom. The number of amides is 1. The molecule has 1 aromatic carbocycles. The number of hydrogen-bond donors (Lipinski definition) is 2. The molecule has 6 nitrogen and oxygen atoms in total. The molecule has 2 N–H and O–H groups in total. The lowest BCUT2D eigenvalue weighted by molar-refractivity contribution is 0.0507. The predicted molar refractivity (Wildman–Crippen MR) is 113 cm³/mol. The zero-order chi connectivity index (χ0) is 20.2. The van der Waals surface area contributed by atoms with Gasteiger partial charge in [-0.3, -0.25) is 4.99 Å². The van der Waals surface area contributed by atoms with Gasteiger partial charge in [0.1, 0.15) is 5.60 Å². The van der Waals surface area contributed by atoms with Gasteiger partial charge in [0.05, 0.1) is 6.04 Å². The van der Waals surface area contributed by atoms with Crippen molar-refractivity contribution in [2.75, 3.05) is 26.7 Å². The van der Waals surface area contributed by atoms with Crippen molar-refractivity contribution in [3.8, 4) is 0 Å². The van der Waals surface area contributed by atoms with E-state index in [1.807, 2.05) is 27.8 Å². The number of benzene rings is 1. The molecule has 1 saturated heterocycles. The third-order valence-electron chi connectivity index (χ3n) is 5.42. The third kappa shape index (κ3) is 5.88. The van der Waals surface area contributed by atoms with Crippen LogP contribution in [0.3, 0.4) is 0 Å². The first-order valence-corrected chi connectivity index (χ1v) is 10.3. The minimum atomic E-state index is -0.475. The van der Waals surface area contributed by atoms with Gasteiger partial charge >= 0.3 is 6.09 Å². The number of rotatable bonds is 5. The number of likely N-dealkylation sites (tertiary alicyclic amines) is 1. The fourth-order valence-corrected chi connectivity index (χ4v) is 3.77. The number of nitrogens with one attached hydrogen (secondary N) is 2. The number of ether oxygens (including phenoxy) is 1. The fraction of sp³-hybridized carbons (Fsp3) is 0.636. The number of carbonyl (C=O) groups excluding carboxylic acids is 1. The van der Waals surface area contributed by atoms with Crippen molar-refractivity contribution < 1.29 is 9.53 Å². The molecule has 2 fully saturated rings. The maximum Gasteiger partial charge on any atom is 0.407 e. The van der Waals surface area contributed by atoms with E-state index in [4.69, 9.17) is 4.74 Å². The SMILES string of the molecule is CN=C(NCC1(Cc2ccccc2)CC1)N1CCC(NC(=O)OC(C)(C)C)C1. The van der Waals surface area contributed by atoms with Crippen molar-refractivity contribution >= 4 is 12.1 Å². The maximum absolute atomic E-state index is 12.0. The summed E-state index contributed by atoms with van der Waals surface area (Å²) in [5.74, 6) is 0.924. The van der Waals surface area contributed by atoms with Crippen LogP contribution in [0.4, 0.5) is 4.79 Å². The molecule has 1 heterocycles. The largest absolute Gasteiger partial charge is 0.444 e. The molecule has 0 aromatic heterocycles. The van der Waals surface area contributed by atoms with Crippen molar-refractivity contribution in [3.63, 3.8) is 0 Å². The van der Waals surface area contributed by atoms with Crippen LogP contribution in [-0.4, -0.2) is 55.3 Å². The zero-order valence-corrected chi connectivity index (χ0v) is 17.6. The molecule has 0 radical (unpaired) electrons.